The first-order valence-corrected chi connectivity index (χ1v) is 10.2. The summed E-state index contributed by atoms with van der Waals surface area (Å²) in [6.07, 6.45) is 1.80. The van der Waals surface area contributed by atoms with E-state index in [4.69, 9.17) is 9.47 Å². The number of carbonyl (C=O) groups is 1. The molecule has 146 valence electrons. The summed E-state index contributed by atoms with van der Waals surface area (Å²) in [4.78, 5) is 17.4. The minimum absolute atomic E-state index is 0.0573. The summed E-state index contributed by atoms with van der Waals surface area (Å²) in [5.41, 5.74) is 3.80. The first-order chi connectivity index (χ1) is 13.8. The third kappa shape index (κ3) is 3.47. The Morgan fingerprint density at radius 2 is 1.79 bits per heavy atom. The summed E-state index contributed by atoms with van der Waals surface area (Å²) in [5, 5.41) is 0. The molecule has 5 nitrogen and oxygen atoms in total. The quantitative estimate of drug-likeness (QED) is 0.823. The number of para-hydroxylation sites is 1. The zero-order chi connectivity index (χ0) is 18.9. The number of hydrogen-bond donors (Lipinski definition) is 0. The molecule has 28 heavy (non-hydrogen) atoms. The summed E-state index contributed by atoms with van der Waals surface area (Å²) in [5.74, 6) is 2.15. The summed E-state index contributed by atoms with van der Waals surface area (Å²) >= 11 is 0. The predicted molar refractivity (Wildman–Crippen MR) is 107 cm³/mol. The highest BCUT2D eigenvalue weighted by molar-refractivity contribution is 5.80. The van der Waals surface area contributed by atoms with Gasteiger partial charge in [0.05, 0.1) is 12.5 Å². The molecule has 1 fully saturated rings. The van der Waals surface area contributed by atoms with Crippen molar-refractivity contribution in [2.75, 3.05) is 39.4 Å². The van der Waals surface area contributed by atoms with Crippen molar-refractivity contribution in [3.05, 3.63) is 59.2 Å². The molecule has 5 heteroatoms. The molecule has 0 aromatic heterocycles. The zero-order valence-corrected chi connectivity index (χ0v) is 16.1. The van der Waals surface area contributed by atoms with E-state index in [0.717, 1.165) is 69.2 Å². The molecule has 1 unspecified atom stereocenters. The maximum Gasteiger partial charge on any atom is 0.229 e. The highest BCUT2D eigenvalue weighted by Gasteiger charge is 2.31. The molecular formula is C23H26N2O3. The molecular weight excluding hydrogens is 352 g/mol. The van der Waals surface area contributed by atoms with E-state index in [1.807, 2.05) is 23.1 Å². The van der Waals surface area contributed by atoms with Gasteiger partial charge in [-0.05, 0) is 35.2 Å². The number of rotatable bonds is 3. The van der Waals surface area contributed by atoms with Gasteiger partial charge in [0.1, 0.15) is 18.1 Å². The van der Waals surface area contributed by atoms with Crippen LogP contribution in [0.2, 0.25) is 0 Å². The van der Waals surface area contributed by atoms with Gasteiger partial charge in [0.25, 0.3) is 0 Å². The highest BCUT2D eigenvalue weighted by atomic mass is 16.5. The van der Waals surface area contributed by atoms with Crippen LogP contribution in [-0.4, -0.2) is 55.1 Å². The third-order valence-corrected chi connectivity index (χ3v) is 6.07. The van der Waals surface area contributed by atoms with Crippen LogP contribution >= 0.6 is 0 Å². The molecule has 1 atom stereocenters. The predicted octanol–water partition coefficient (Wildman–Crippen LogP) is 2.52. The summed E-state index contributed by atoms with van der Waals surface area (Å²) < 4.78 is 11.4. The Bertz CT molecular complexity index is 874. The van der Waals surface area contributed by atoms with Gasteiger partial charge in [-0.2, -0.15) is 0 Å². The summed E-state index contributed by atoms with van der Waals surface area (Å²) in [6.45, 7) is 5.67. The SMILES string of the molecule is O=C(C1COc2ccccc2C1)N1CCN(Cc2ccc3c(c2)CCO3)CC1. The smallest absolute Gasteiger partial charge is 0.229 e. The van der Waals surface area contributed by atoms with Gasteiger partial charge >= 0.3 is 0 Å². The van der Waals surface area contributed by atoms with Crippen molar-refractivity contribution < 1.29 is 14.3 Å². The van der Waals surface area contributed by atoms with E-state index < -0.39 is 0 Å². The van der Waals surface area contributed by atoms with Crippen LogP contribution in [0.5, 0.6) is 11.5 Å². The monoisotopic (exact) mass is 378 g/mol. The lowest BCUT2D eigenvalue weighted by atomic mass is 9.95. The maximum atomic E-state index is 13.0. The fraction of sp³-hybridized carbons (Fsp3) is 0.435. The number of fused-ring (bicyclic) bond motifs is 2. The maximum absolute atomic E-state index is 13.0. The Morgan fingerprint density at radius 1 is 0.964 bits per heavy atom. The van der Waals surface area contributed by atoms with E-state index in [-0.39, 0.29) is 11.8 Å². The number of benzene rings is 2. The minimum Gasteiger partial charge on any atom is -0.493 e. The lowest BCUT2D eigenvalue weighted by Crippen LogP contribution is -2.51. The fourth-order valence-electron chi connectivity index (χ4n) is 4.47. The van der Waals surface area contributed by atoms with Crippen molar-refractivity contribution in [3.8, 4) is 11.5 Å². The van der Waals surface area contributed by atoms with E-state index >= 15 is 0 Å². The van der Waals surface area contributed by atoms with Gasteiger partial charge in [-0.15, -0.1) is 0 Å². The fourth-order valence-corrected chi connectivity index (χ4v) is 4.47. The highest BCUT2D eigenvalue weighted by Crippen LogP contribution is 2.29. The van der Waals surface area contributed by atoms with Crippen molar-refractivity contribution >= 4 is 5.91 Å². The van der Waals surface area contributed by atoms with Gasteiger partial charge in [0, 0.05) is 39.1 Å². The van der Waals surface area contributed by atoms with Crippen molar-refractivity contribution in [1.29, 1.82) is 0 Å². The van der Waals surface area contributed by atoms with Gasteiger partial charge in [-0.1, -0.05) is 30.3 Å². The van der Waals surface area contributed by atoms with Gasteiger partial charge < -0.3 is 14.4 Å². The van der Waals surface area contributed by atoms with E-state index in [2.05, 4.69) is 29.2 Å². The van der Waals surface area contributed by atoms with Crippen LogP contribution < -0.4 is 9.47 Å². The normalized spacial score (nSPS) is 21.4. The second kappa shape index (κ2) is 7.47. The van der Waals surface area contributed by atoms with Crippen LogP contribution in [0.15, 0.2) is 42.5 Å². The molecule has 0 saturated carbocycles. The van der Waals surface area contributed by atoms with Gasteiger partial charge in [0.2, 0.25) is 5.91 Å². The number of nitrogens with zero attached hydrogens (tertiary/aromatic N) is 2. The molecule has 1 saturated heterocycles. The van der Waals surface area contributed by atoms with Crippen molar-refractivity contribution in [1.82, 2.24) is 9.80 Å². The van der Waals surface area contributed by atoms with Gasteiger partial charge in [0.15, 0.2) is 0 Å². The lowest BCUT2D eigenvalue weighted by Gasteiger charge is -2.37. The minimum atomic E-state index is -0.0573. The number of piperazine rings is 1. The van der Waals surface area contributed by atoms with E-state index in [9.17, 15) is 4.79 Å². The van der Waals surface area contributed by atoms with Crippen molar-refractivity contribution in [3.63, 3.8) is 0 Å². The van der Waals surface area contributed by atoms with Crippen LogP contribution in [0, 0.1) is 5.92 Å². The molecule has 5 rings (SSSR count). The van der Waals surface area contributed by atoms with Crippen molar-refractivity contribution in [2.24, 2.45) is 5.92 Å². The topological polar surface area (TPSA) is 42.0 Å². The molecule has 0 radical (unpaired) electrons. The molecule has 3 aliphatic heterocycles. The van der Waals surface area contributed by atoms with E-state index in [0.29, 0.717) is 6.61 Å². The summed E-state index contributed by atoms with van der Waals surface area (Å²) in [7, 11) is 0. The van der Waals surface area contributed by atoms with Crippen LogP contribution in [0.25, 0.3) is 0 Å². The zero-order valence-electron chi connectivity index (χ0n) is 16.1. The van der Waals surface area contributed by atoms with E-state index in [1.54, 1.807) is 0 Å². The average Bonchev–Trinajstić information content (AvgIpc) is 3.21. The second-order valence-electron chi connectivity index (χ2n) is 7.96. The number of hydrogen-bond acceptors (Lipinski definition) is 4. The summed E-state index contributed by atoms with van der Waals surface area (Å²) in [6, 6.07) is 14.6. The molecule has 1 amide bonds. The number of ether oxygens (including phenoxy) is 2. The van der Waals surface area contributed by atoms with Crippen LogP contribution in [0.4, 0.5) is 0 Å². The molecule has 2 aromatic carbocycles. The van der Waals surface area contributed by atoms with Gasteiger partial charge in [-0.25, -0.2) is 0 Å². The molecule has 3 heterocycles. The third-order valence-electron chi connectivity index (χ3n) is 6.07. The Balaban J connectivity index is 1.15. The molecule has 2 aromatic rings. The van der Waals surface area contributed by atoms with Crippen molar-refractivity contribution in [2.45, 2.75) is 19.4 Å². The Morgan fingerprint density at radius 3 is 2.68 bits per heavy atom. The second-order valence-corrected chi connectivity index (χ2v) is 7.96. The standard InChI is InChI=1S/C23H26N2O3/c26-23(20-14-18-3-1-2-4-21(18)28-16-20)25-10-8-24(9-11-25)15-17-5-6-22-19(13-17)7-12-27-22/h1-6,13,20H,7-12,14-16H2. The average molecular weight is 378 g/mol. The lowest BCUT2D eigenvalue weighted by molar-refractivity contribution is -0.138. The molecule has 0 N–H and O–H groups in total. The first kappa shape index (κ1) is 17.6. The molecule has 0 bridgehead atoms. The Kier molecular flexibility index (Phi) is 4.69. The van der Waals surface area contributed by atoms with Gasteiger partial charge in [-0.3, -0.25) is 9.69 Å². The first-order valence-electron chi connectivity index (χ1n) is 10.2. The van der Waals surface area contributed by atoms with Crippen LogP contribution in [-0.2, 0) is 24.2 Å². The number of amides is 1. The van der Waals surface area contributed by atoms with E-state index in [1.165, 1.54) is 11.1 Å². The molecule has 0 spiro atoms. The van der Waals surface area contributed by atoms with Crippen LogP contribution in [0.3, 0.4) is 0 Å². The molecule has 3 aliphatic rings. The largest absolute Gasteiger partial charge is 0.493 e. The molecule has 0 aliphatic carbocycles. The van der Waals surface area contributed by atoms with Crippen LogP contribution in [0.1, 0.15) is 16.7 Å². The Labute approximate surface area is 165 Å². The number of carbonyl (C=O) groups excluding carboxylic acids is 1. The Hall–Kier alpha value is -2.53.